The van der Waals surface area contributed by atoms with Crippen LogP contribution < -0.4 is 11.1 Å². The summed E-state index contributed by atoms with van der Waals surface area (Å²) in [6.07, 6.45) is 8.38. The van der Waals surface area contributed by atoms with Crippen LogP contribution in [0.5, 0.6) is 0 Å². The molecule has 0 radical (unpaired) electrons. The second kappa shape index (κ2) is 9.55. The zero-order chi connectivity index (χ0) is 19.9. The van der Waals surface area contributed by atoms with Crippen molar-refractivity contribution in [2.75, 3.05) is 32.1 Å². The van der Waals surface area contributed by atoms with E-state index in [1.165, 1.54) is 32.4 Å². The summed E-state index contributed by atoms with van der Waals surface area (Å²) in [5.74, 6) is 0.467. The van der Waals surface area contributed by atoms with Crippen molar-refractivity contribution in [1.29, 1.82) is 5.41 Å². The predicted molar refractivity (Wildman–Crippen MR) is 117 cm³/mol. The van der Waals surface area contributed by atoms with Crippen LogP contribution in [-0.2, 0) is 4.74 Å². The molecule has 1 aromatic rings. The molecule has 0 bridgehead atoms. The molecule has 1 atom stereocenters. The fourth-order valence-electron chi connectivity index (χ4n) is 3.59. The number of allylic oxidation sites excluding steroid dienone is 2. The molecule has 1 heterocycles. The number of piperidine rings is 1. The minimum Gasteiger partial charge on any atom is -0.494 e. The lowest BCUT2D eigenvalue weighted by Gasteiger charge is -2.30. The summed E-state index contributed by atoms with van der Waals surface area (Å²) in [4.78, 5) is 7.17. The largest absolute Gasteiger partial charge is 0.494 e. The number of nitrogens with one attached hydrogen (secondary N) is 2. The van der Waals surface area contributed by atoms with Gasteiger partial charge < -0.3 is 20.7 Å². The van der Waals surface area contributed by atoms with Crippen molar-refractivity contribution >= 4 is 22.8 Å². The molecule has 4 N–H and O–H groups in total. The third-order valence-corrected chi connectivity index (χ3v) is 5.26. The Balaban J connectivity index is 1.65. The molecule has 0 saturated carbocycles. The van der Waals surface area contributed by atoms with Crippen LogP contribution in [0.4, 0.5) is 11.4 Å². The number of methoxy groups -OCH3 is 1. The van der Waals surface area contributed by atoms with Crippen molar-refractivity contribution in [3.8, 4) is 0 Å². The molecule has 28 heavy (non-hydrogen) atoms. The van der Waals surface area contributed by atoms with Gasteiger partial charge in [-0.2, -0.15) is 0 Å². The maximum atomic E-state index is 7.83. The van der Waals surface area contributed by atoms with Gasteiger partial charge >= 0.3 is 0 Å². The molecule has 6 nitrogen and oxygen atoms in total. The fraction of sp³-hybridized carbons (Fsp3) is 0.455. The Labute approximate surface area is 167 Å². The smallest absolute Gasteiger partial charge is 0.146 e. The Morgan fingerprint density at radius 1 is 1.18 bits per heavy atom. The molecule has 1 unspecified atom stereocenters. The van der Waals surface area contributed by atoms with Gasteiger partial charge in [0.05, 0.1) is 29.9 Å². The maximum Gasteiger partial charge on any atom is 0.146 e. The number of likely N-dealkylation sites (tertiary alicyclic amines) is 1. The second-order valence-electron chi connectivity index (χ2n) is 7.38. The highest BCUT2D eigenvalue weighted by Gasteiger charge is 2.16. The summed E-state index contributed by atoms with van der Waals surface area (Å²) in [7, 11) is 1.54. The Morgan fingerprint density at radius 2 is 1.89 bits per heavy atom. The zero-order valence-electron chi connectivity index (χ0n) is 16.9. The molecule has 1 aromatic carbocycles. The van der Waals surface area contributed by atoms with Crippen LogP contribution in [-0.4, -0.2) is 49.1 Å². The third kappa shape index (κ3) is 5.23. The van der Waals surface area contributed by atoms with Crippen molar-refractivity contribution in [1.82, 2.24) is 4.90 Å². The van der Waals surface area contributed by atoms with E-state index >= 15 is 0 Å². The predicted octanol–water partition coefficient (Wildman–Crippen LogP) is 3.84. The average Bonchev–Trinajstić information content (AvgIpc) is 2.71. The number of benzene rings is 1. The number of nitrogens with two attached hydrogens (primary N) is 1. The summed E-state index contributed by atoms with van der Waals surface area (Å²) in [5, 5.41) is 11.5. The molecule has 0 amide bonds. The summed E-state index contributed by atoms with van der Waals surface area (Å²) in [6.45, 7) is 5.77. The van der Waals surface area contributed by atoms with Gasteiger partial charge in [-0.3, -0.25) is 5.41 Å². The lowest BCUT2D eigenvalue weighted by Crippen LogP contribution is -2.39. The SMILES string of the molecule is CCC(CN1CCCCC1)Nc1ccc(N=C2C=C(OC)C(=N)C=C2N)cc1. The monoisotopic (exact) mass is 381 g/mol. The van der Waals surface area contributed by atoms with Crippen LogP contribution in [0.1, 0.15) is 32.6 Å². The summed E-state index contributed by atoms with van der Waals surface area (Å²) < 4.78 is 5.20. The first kappa shape index (κ1) is 20.1. The van der Waals surface area contributed by atoms with Gasteiger partial charge in [0, 0.05) is 24.4 Å². The maximum absolute atomic E-state index is 7.83. The highest BCUT2D eigenvalue weighted by Crippen LogP contribution is 2.21. The van der Waals surface area contributed by atoms with Crippen LogP contribution >= 0.6 is 0 Å². The van der Waals surface area contributed by atoms with E-state index in [1.807, 2.05) is 12.1 Å². The van der Waals surface area contributed by atoms with Crippen LogP contribution in [0.15, 0.2) is 52.9 Å². The molecule has 1 aliphatic carbocycles. The second-order valence-corrected chi connectivity index (χ2v) is 7.38. The molecule has 0 spiro atoms. The number of hydrogen-bond donors (Lipinski definition) is 3. The van der Waals surface area contributed by atoms with Crippen LogP contribution in [0.2, 0.25) is 0 Å². The fourth-order valence-corrected chi connectivity index (χ4v) is 3.59. The van der Waals surface area contributed by atoms with Crippen LogP contribution in [0.3, 0.4) is 0 Å². The number of hydrogen-bond acceptors (Lipinski definition) is 6. The van der Waals surface area contributed by atoms with Gasteiger partial charge in [0.15, 0.2) is 0 Å². The molecule has 3 rings (SSSR count). The Kier molecular flexibility index (Phi) is 6.87. The number of aliphatic imine (C=N–C) groups is 1. The number of rotatable bonds is 7. The van der Waals surface area contributed by atoms with E-state index in [-0.39, 0.29) is 5.71 Å². The summed E-state index contributed by atoms with van der Waals surface area (Å²) in [6, 6.07) is 8.53. The van der Waals surface area contributed by atoms with E-state index in [4.69, 9.17) is 15.9 Å². The Morgan fingerprint density at radius 3 is 2.54 bits per heavy atom. The van der Waals surface area contributed by atoms with Crippen molar-refractivity contribution in [3.63, 3.8) is 0 Å². The van der Waals surface area contributed by atoms with Gasteiger partial charge in [-0.05, 0) is 62.7 Å². The highest BCUT2D eigenvalue weighted by molar-refractivity contribution is 6.22. The molecule has 1 fully saturated rings. The molecular formula is C22H31N5O. The van der Waals surface area contributed by atoms with E-state index in [1.54, 1.807) is 19.3 Å². The highest BCUT2D eigenvalue weighted by atomic mass is 16.5. The number of nitrogens with zero attached hydrogens (tertiary/aromatic N) is 2. The van der Waals surface area contributed by atoms with Crippen molar-refractivity contribution in [3.05, 3.63) is 47.9 Å². The van der Waals surface area contributed by atoms with Crippen molar-refractivity contribution in [2.24, 2.45) is 10.7 Å². The minimum atomic E-state index is 0.262. The molecule has 2 aliphatic rings. The normalized spacial score (nSPS) is 20.5. The van der Waals surface area contributed by atoms with Gasteiger partial charge in [0.25, 0.3) is 0 Å². The first-order chi connectivity index (χ1) is 13.6. The summed E-state index contributed by atoms with van der Waals surface area (Å²) >= 11 is 0. The van der Waals surface area contributed by atoms with Gasteiger partial charge in [-0.1, -0.05) is 13.3 Å². The Hall–Kier alpha value is -2.60. The van der Waals surface area contributed by atoms with E-state index in [2.05, 4.69) is 34.3 Å². The van der Waals surface area contributed by atoms with Crippen molar-refractivity contribution in [2.45, 2.75) is 38.6 Å². The lowest BCUT2D eigenvalue weighted by atomic mass is 10.1. The van der Waals surface area contributed by atoms with Crippen molar-refractivity contribution < 1.29 is 4.74 Å². The molecule has 6 heteroatoms. The minimum absolute atomic E-state index is 0.262. The lowest BCUT2D eigenvalue weighted by molar-refractivity contribution is 0.219. The van der Waals surface area contributed by atoms with E-state index in [0.29, 0.717) is 23.2 Å². The number of ether oxygens (including phenoxy) is 1. The third-order valence-electron chi connectivity index (χ3n) is 5.26. The molecule has 0 aromatic heterocycles. The molecule has 1 aliphatic heterocycles. The van der Waals surface area contributed by atoms with Gasteiger partial charge in [-0.15, -0.1) is 0 Å². The zero-order valence-corrected chi connectivity index (χ0v) is 16.9. The van der Waals surface area contributed by atoms with E-state index < -0.39 is 0 Å². The average molecular weight is 382 g/mol. The first-order valence-corrected chi connectivity index (χ1v) is 10.1. The van der Waals surface area contributed by atoms with Gasteiger partial charge in [-0.25, -0.2) is 4.99 Å². The van der Waals surface area contributed by atoms with Crippen LogP contribution in [0.25, 0.3) is 0 Å². The topological polar surface area (TPSA) is 86.7 Å². The van der Waals surface area contributed by atoms with Gasteiger partial charge in [0.2, 0.25) is 0 Å². The Bertz CT molecular complexity index is 773. The standard InChI is InChI=1S/C22H31N5O/c1-3-16(15-27-11-5-4-6-12-27)25-17-7-9-18(10-8-17)26-21-14-22(28-2)20(24)13-19(21)23/h7-10,13-14,16,24-25H,3-6,11-12,15,23H2,1-2H3. The molecule has 150 valence electrons. The number of anilines is 1. The molecule has 1 saturated heterocycles. The van der Waals surface area contributed by atoms with Crippen LogP contribution in [0, 0.1) is 5.41 Å². The van der Waals surface area contributed by atoms with Gasteiger partial charge in [0.1, 0.15) is 5.76 Å². The van der Waals surface area contributed by atoms with E-state index in [0.717, 1.165) is 24.3 Å². The summed E-state index contributed by atoms with van der Waals surface area (Å²) in [5.41, 5.74) is 9.29. The molecular weight excluding hydrogens is 350 g/mol. The first-order valence-electron chi connectivity index (χ1n) is 10.1. The van der Waals surface area contributed by atoms with E-state index in [9.17, 15) is 0 Å². The quantitative estimate of drug-likeness (QED) is 0.626.